The molecule has 0 bridgehead atoms. The fraction of sp³-hybridized carbons (Fsp3) is 0.214. The van der Waals surface area contributed by atoms with Crippen molar-refractivity contribution in [3.8, 4) is 28.4 Å². The average Bonchev–Trinajstić information content (AvgIpc) is 3.32. The van der Waals surface area contributed by atoms with E-state index in [1.54, 1.807) is 25.3 Å². The summed E-state index contributed by atoms with van der Waals surface area (Å²) >= 11 is 0. The van der Waals surface area contributed by atoms with Crippen LogP contribution >= 0.6 is 0 Å². The van der Waals surface area contributed by atoms with Crippen LogP contribution in [0.15, 0.2) is 66.9 Å². The van der Waals surface area contributed by atoms with Crippen LogP contribution in [0.2, 0.25) is 0 Å². The van der Waals surface area contributed by atoms with Crippen LogP contribution in [0.1, 0.15) is 22.8 Å². The van der Waals surface area contributed by atoms with Crippen molar-refractivity contribution in [2.24, 2.45) is 0 Å². The van der Waals surface area contributed by atoms with Crippen molar-refractivity contribution in [3.05, 3.63) is 78.0 Å². The number of carbonyl (C=O) groups excluding carboxylic acids is 1. The highest BCUT2D eigenvalue weighted by Crippen LogP contribution is 2.39. The summed E-state index contributed by atoms with van der Waals surface area (Å²) in [6, 6.07) is 19.6. The first-order valence-electron chi connectivity index (χ1n) is 11.3. The number of carbonyl (C=O) groups is 1. The van der Waals surface area contributed by atoms with Crippen LogP contribution in [0.5, 0.6) is 17.2 Å². The molecule has 0 fully saturated rings. The lowest BCUT2D eigenvalue weighted by Gasteiger charge is -2.20. The van der Waals surface area contributed by atoms with Crippen molar-refractivity contribution in [2.75, 3.05) is 32.3 Å². The van der Waals surface area contributed by atoms with Gasteiger partial charge in [-0.2, -0.15) is 0 Å². The van der Waals surface area contributed by atoms with E-state index in [1.807, 2.05) is 67.6 Å². The minimum atomic E-state index is -0.101. The zero-order chi connectivity index (χ0) is 23.7. The molecule has 0 saturated carbocycles. The van der Waals surface area contributed by atoms with E-state index >= 15 is 0 Å². The van der Waals surface area contributed by atoms with Gasteiger partial charge in [-0.1, -0.05) is 36.4 Å². The monoisotopic (exact) mass is 454 g/mol. The van der Waals surface area contributed by atoms with E-state index in [-0.39, 0.29) is 5.91 Å². The third-order valence-electron chi connectivity index (χ3n) is 6.22. The third kappa shape index (κ3) is 3.61. The van der Waals surface area contributed by atoms with Gasteiger partial charge in [0.1, 0.15) is 11.6 Å². The van der Waals surface area contributed by atoms with Crippen molar-refractivity contribution >= 4 is 22.5 Å². The van der Waals surface area contributed by atoms with E-state index in [1.165, 1.54) is 0 Å². The van der Waals surface area contributed by atoms with Crippen LogP contribution in [0.4, 0.5) is 5.82 Å². The molecule has 4 aromatic rings. The number of anilines is 1. The molecule has 0 spiro atoms. The molecule has 3 aromatic carbocycles. The van der Waals surface area contributed by atoms with Crippen molar-refractivity contribution < 1.29 is 19.0 Å². The number of rotatable bonds is 6. The van der Waals surface area contributed by atoms with Crippen molar-refractivity contribution in [3.63, 3.8) is 0 Å². The SMILES string of the molecule is CCOc1ccc2ccccc2c1C(=O)N1CCc2c(-c3ccc(OC)c(OC)c3)ccnc21. The number of pyridine rings is 1. The summed E-state index contributed by atoms with van der Waals surface area (Å²) in [7, 11) is 3.24. The van der Waals surface area contributed by atoms with Crippen molar-refractivity contribution in [1.29, 1.82) is 0 Å². The summed E-state index contributed by atoms with van der Waals surface area (Å²) < 4.78 is 16.7. The van der Waals surface area contributed by atoms with Gasteiger partial charge in [-0.05, 0) is 59.5 Å². The Hall–Kier alpha value is -4.06. The van der Waals surface area contributed by atoms with E-state index in [2.05, 4.69) is 4.98 Å². The first-order valence-corrected chi connectivity index (χ1v) is 11.3. The fourth-order valence-corrected chi connectivity index (χ4v) is 4.64. The highest BCUT2D eigenvalue weighted by atomic mass is 16.5. The number of benzene rings is 3. The standard InChI is InChI=1S/C28H26N2O4/c1-4-34-24-12-9-18-7-5-6-8-21(18)26(24)28(31)30-16-14-22-20(13-15-29-27(22)30)19-10-11-23(32-2)25(17-19)33-3/h5-13,15,17H,4,14,16H2,1-3H3. The number of hydrogen-bond acceptors (Lipinski definition) is 5. The van der Waals surface area contributed by atoms with Gasteiger partial charge in [0.05, 0.1) is 26.4 Å². The van der Waals surface area contributed by atoms with Crippen LogP contribution in [0.25, 0.3) is 21.9 Å². The Balaban J connectivity index is 1.59. The van der Waals surface area contributed by atoms with E-state index in [0.717, 1.165) is 27.5 Å². The van der Waals surface area contributed by atoms with Crippen LogP contribution < -0.4 is 19.1 Å². The van der Waals surface area contributed by atoms with E-state index in [4.69, 9.17) is 14.2 Å². The van der Waals surface area contributed by atoms with Gasteiger partial charge in [0.15, 0.2) is 11.5 Å². The van der Waals surface area contributed by atoms with Gasteiger partial charge in [-0.25, -0.2) is 4.98 Å². The van der Waals surface area contributed by atoms with Gasteiger partial charge >= 0.3 is 0 Å². The Kier molecular flexibility index (Phi) is 5.80. The van der Waals surface area contributed by atoms with E-state index in [9.17, 15) is 4.79 Å². The molecule has 34 heavy (non-hydrogen) atoms. The Labute approximate surface area is 198 Å². The molecule has 5 rings (SSSR count). The van der Waals surface area contributed by atoms with E-state index in [0.29, 0.717) is 48.2 Å². The number of ether oxygens (including phenoxy) is 3. The normalized spacial score (nSPS) is 12.5. The highest BCUT2D eigenvalue weighted by molar-refractivity contribution is 6.16. The molecule has 0 atom stereocenters. The number of methoxy groups -OCH3 is 2. The van der Waals surface area contributed by atoms with Gasteiger partial charge < -0.3 is 14.2 Å². The van der Waals surface area contributed by atoms with Crippen molar-refractivity contribution in [1.82, 2.24) is 4.98 Å². The van der Waals surface area contributed by atoms with Gasteiger partial charge in [0.2, 0.25) is 0 Å². The average molecular weight is 455 g/mol. The highest BCUT2D eigenvalue weighted by Gasteiger charge is 2.31. The number of nitrogens with zero attached hydrogens (tertiary/aromatic N) is 2. The van der Waals surface area contributed by atoms with Crippen LogP contribution in [-0.4, -0.2) is 38.3 Å². The molecule has 172 valence electrons. The molecule has 1 aromatic heterocycles. The second-order valence-electron chi connectivity index (χ2n) is 8.03. The molecule has 2 heterocycles. The van der Waals surface area contributed by atoms with Crippen LogP contribution in [-0.2, 0) is 6.42 Å². The van der Waals surface area contributed by atoms with Crippen LogP contribution in [0.3, 0.4) is 0 Å². The summed E-state index contributed by atoms with van der Waals surface area (Å²) in [6.45, 7) is 2.96. The molecule has 0 saturated heterocycles. The summed E-state index contributed by atoms with van der Waals surface area (Å²) in [5.41, 5.74) is 3.64. The first kappa shape index (κ1) is 21.8. The zero-order valence-electron chi connectivity index (χ0n) is 19.5. The molecule has 6 heteroatoms. The quantitative estimate of drug-likeness (QED) is 0.384. The molecular weight excluding hydrogens is 428 g/mol. The lowest BCUT2D eigenvalue weighted by Crippen LogP contribution is -2.30. The minimum absolute atomic E-state index is 0.101. The molecule has 1 aliphatic heterocycles. The molecular formula is C28H26N2O4. The molecule has 0 unspecified atom stereocenters. The van der Waals surface area contributed by atoms with Gasteiger partial charge in [-0.15, -0.1) is 0 Å². The maximum Gasteiger partial charge on any atom is 0.263 e. The van der Waals surface area contributed by atoms with Crippen molar-refractivity contribution in [2.45, 2.75) is 13.3 Å². The largest absolute Gasteiger partial charge is 0.493 e. The summed E-state index contributed by atoms with van der Waals surface area (Å²) in [4.78, 5) is 20.3. The first-order chi connectivity index (χ1) is 16.7. The predicted molar refractivity (Wildman–Crippen MR) is 133 cm³/mol. The van der Waals surface area contributed by atoms with Gasteiger partial charge in [-0.3, -0.25) is 9.69 Å². The summed E-state index contributed by atoms with van der Waals surface area (Å²) in [5.74, 6) is 2.51. The molecule has 1 aliphatic rings. The number of hydrogen-bond donors (Lipinski definition) is 0. The molecule has 0 aliphatic carbocycles. The minimum Gasteiger partial charge on any atom is -0.493 e. The lowest BCUT2D eigenvalue weighted by atomic mass is 10.00. The Morgan fingerprint density at radius 2 is 1.76 bits per heavy atom. The zero-order valence-corrected chi connectivity index (χ0v) is 19.5. The fourth-order valence-electron chi connectivity index (χ4n) is 4.64. The van der Waals surface area contributed by atoms with E-state index < -0.39 is 0 Å². The van der Waals surface area contributed by atoms with Gasteiger partial charge in [0, 0.05) is 18.3 Å². The number of amides is 1. The second-order valence-corrected chi connectivity index (χ2v) is 8.03. The molecule has 1 amide bonds. The Morgan fingerprint density at radius 1 is 0.971 bits per heavy atom. The lowest BCUT2D eigenvalue weighted by molar-refractivity contribution is 0.0986. The number of aromatic nitrogens is 1. The van der Waals surface area contributed by atoms with Crippen LogP contribution in [0, 0.1) is 0 Å². The summed E-state index contributed by atoms with van der Waals surface area (Å²) in [5, 5.41) is 1.88. The maximum atomic E-state index is 13.9. The molecule has 0 N–H and O–H groups in total. The molecule has 6 nitrogen and oxygen atoms in total. The Bertz CT molecular complexity index is 1380. The Morgan fingerprint density at radius 3 is 2.56 bits per heavy atom. The topological polar surface area (TPSA) is 60.9 Å². The van der Waals surface area contributed by atoms with Gasteiger partial charge in [0.25, 0.3) is 5.91 Å². The maximum absolute atomic E-state index is 13.9. The predicted octanol–water partition coefficient (Wildman–Crippen LogP) is 5.52. The smallest absolute Gasteiger partial charge is 0.263 e. The molecule has 0 radical (unpaired) electrons. The second kappa shape index (κ2) is 9.06. The summed E-state index contributed by atoms with van der Waals surface area (Å²) in [6.07, 6.45) is 2.47. The third-order valence-corrected chi connectivity index (χ3v) is 6.22. The number of fused-ring (bicyclic) bond motifs is 2.